The van der Waals surface area contributed by atoms with Crippen LogP contribution in [0, 0.1) is 10.8 Å². The highest BCUT2D eigenvalue weighted by atomic mass is 31.2. The molecule has 0 fully saturated rings. The summed E-state index contributed by atoms with van der Waals surface area (Å²) >= 11 is 0. The van der Waals surface area contributed by atoms with E-state index < -0.39 is 28.4 Å². The molecule has 10 heteroatoms. The molecule has 3 atom stereocenters. The number of carbonyl (C=O) groups excluding carboxylic acids is 2. The lowest BCUT2D eigenvalue weighted by Crippen LogP contribution is -2.37. The molecule has 0 aromatic heterocycles. The highest BCUT2D eigenvalue weighted by Gasteiger charge is 2.42. The lowest BCUT2D eigenvalue weighted by Gasteiger charge is -2.37. The van der Waals surface area contributed by atoms with E-state index in [0.29, 0.717) is 18.4 Å². The van der Waals surface area contributed by atoms with Crippen LogP contribution in [0.25, 0.3) is 0 Å². The second-order valence-corrected chi connectivity index (χ2v) is 18.3. The van der Waals surface area contributed by atoms with E-state index in [2.05, 4.69) is 51.2 Å². The molecule has 296 valence electrons. The van der Waals surface area contributed by atoms with Crippen molar-refractivity contribution in [3.8, 4) is 0 Å². The molecular weight excluding hydrogens is 718 g/mol. The molecule has 8 nitrogen and oxygen atoms in total. The van der Waals surface area contributed by atoms with Gasteiger partial charge in [0.2, 0.25) is 0 Å². The summed E-state index contributed by atoms with van der Waals surface area (Å²) in [6.45, 7) is 22.1. The van der Waals surface area contributed by atoms with Crippen molar-refractivity contribution in [3.05, 3.63) is 130 Å². The summed E-state index contributed by atoms with van der Waals surface area (Å²) in [5, 5.41) is 0. The molecule has 2 aliphatic rings. The summed E-state index contributed by atoms with van der Waals surface area (Å²) in [6, 6.07) is 0. The van der Waals surface area contributed by atoms with Gasteiger partial charge in [-0.3, -0.25) is 23.2 Å². The highest BCUT2D eigenvalue weighted by Crippen LogP contribution is 2.52. The van der Waals surface area contributed by atoms with Gasteiger partial charge in [-0.2, -0.15) is 0 Å². The van der Waals surface area contributed by atoms with Crippen molar-refractivity contribution < 1.29 is 36.8 Å². The Bertz CT molecular complexity index is 1760. The first kappa shape index (κ1) is 47.1. The summed E-state index contributed by atoms with van der Waals surface area (Å²) in [7, 11) is -0.786. The number of hydrogen-bond acceptors (Lipinski definition) is 8. The van der Waals surface area contributed by atoms with Crippen LogP contribution in [0.2, 0.25) is 0 Å². The van der Waals surface area contributed by atoms with E-state index in [9.17, 15) is 14.2 Å². The molecular formula is C44H62O8P2. The van der Waals surface area contributed by atoms with Crippen LogP contribution in [0.4, 0.5) is 0 Å². The summed E-state index contributed by atoms with van der Waals surface area (Å²) < 4.78 is 38.9. The first-order valence-corrected chi connectivity index (χ1v) is 21.2. The maximum absolute atomic E-state index is 13.1. The number of ketones is 2. The van der Waals surface area contributed by atoms with Gasteiger partial charge in [0.05, 0.1) is 0 Å². The van der Waals surface area contributed by atoms with Gasteiger partial charge in [-0.1, -0.05) is 135 Å². The van der Waals surface area contributed by atoms with Gasteiger partial charge in [0.25, 0.3) is 0 Å². The Morgan fingerprint density at radius 2 is 1.02 bits per heavy atom. The van der Waals surface area contributed by atoms with Crippen molar-refractivity contribution in [1.29, 1.82) is 0 Å². The third kappa shape index (κ3) is 14.2. The van der Waals surface area contributed by atoms with Crippen LogP contribution >= 0.6 is 16.2 Å². The molecule has 0 spiro atoms. The normalized spacial score (nSPS) is 23.1. The number of Topliss-reactive ketones (excluding diaryl/α,β-unsaturated/α-hetero) is 2. The van der Waals surface area contributed by atoms with Crippen LogP contribution in [0.5, 0.6) is 0 Å². The average molecular weight is 781 g/mol. The van der Waals surface area contributed by atoms with E-state index in [1.54, 1.807) is 14.0 Å². The zero-order valence-corrected chi connectivity index (χ0v) is 36.6. The molecule has 0 N–H and O–H groups in total. The highest BCUT2D eigenvalue weighted by molar-refractivity contribution is 7.48. The number of allylic oxidation sites excluding steroid dienone is 20. The predicted octanol–water partition coefficient (Wildman–Crippen LogP) is 11.9. The Balaban J connectivity index is 2.00. The van der Waals surface area contributed by atoms with E-state index in [1.807, 2.05) is 103 Å². The van der Waals surface area contributed by atoms with E-state index in [0.717, 1.165) is 39.0 Å². The van der Waals surface area contributed by atoms with E-state index >= 15 is 0 Å². The zero-order chi connectivity index (χ0) is 40.9. The fourth-order valence-corrected chi connectivity index (χ4v) is 7.69. The number of hydrogen-bond donors (Lipinski definition) is 0. The topological polar surface area (TPSA) is 97.4 Å². The van der Waals surface area contributed by atoms with Gasteiger partial charge in [0.1, 0.15) is 12.2 Å². The third-order valence-electron chi connectivity index (χ3n) is 9.51. The van der Waals surface area contributed by atoms with E-state index in [1.165, 1.54) is 14.2 Å². The fraction of sp³-hybridized carbons (Fsp3) is 0.455. The molecule has 0 amide bonds. The van der Waals surface area contributed by atoms with Crippen LogP contribution < -0.4 is 0 Å². The first-order chi connectivity index (χ1) is 25.2. The van der Waals surface area contributed by atoms with Gasteiger partial charge in [0.15, 0.2) is 19.9 Å². The Morgan fingerprint density at radius 3 is 1.43 bits per heavy atom. The summed E-state index contributed by atoms with van der Waals surface area (Å²) in [5.74, 6) is -0.184. The summed E-state index contributed by atoms with van der Waals surface area (Å²) in [6.07, 6.45) is 28.1. The second kappa shape index (κ2) is 21.3. The summed E-state index contributed by atoms with van der Waals surface area (Å²) in [4.78, 5) is 26.1. The van der Waals surface area contributed by atoms with Crippen molar-refractivity contribution in [2.24, 2.45) is 10.8 Å². The van der Waals surface area contributed by atoms with Gasteiger partial charge >= 0.3 is 7.82 Å². The second-order valence-electron chi connectivity index (χ2n) is 15.0. The SMILES string of the molecule is COP(C)OC1CC(C)(C)C(/C=C/C(C)=C/C=C/C(C)=C/C=C/C=C(C)/C=C/C=C(C)/C=C/C2=C(C)C(=O)C(OP(=O)(OC)OC)CC2(C)C)=C(C)C1=O. The minimum Gasteiger partial charge on any atom is -0.338 e. The Morgan fingerprint density at radius 1 is 0.648 bits per heavy atom. The van der Waals surface area contributed by atoms with Gasteiger partial charge < -0.3 is 9.05 Å². The van der Waals surface area contributed by atoms with Gasteiger partial charge in [-0.25, -0.2) is 4.57 Å². The molecule has 0 radical (unpaired) electrons. The standard InChI is InChI=1S/C44H62O8P2/c1-31(21-17-23-33(3)25-27-37-35(5)41(45)39(29-43(37,7)8)51-53(14)48-11)19-15-16-20-32(2)22-18-24-34(4)26-28-38-36(6)42(46)40(30-44(38,9)10)52-54(47,49-12)50-13/h15-28,39-40H,29-30H2,1-14H3/b16-15+,21-17+,22-18+,27-25+,28-26+,31-19+,32-20+,33-23+,34-24+. The Hall–Kier alpha value is -3.06. The van der Waals surface area contributed by atoms with Crippen molar-refractivity contribution in [2.45, 2.75) is 94.3 Å². The monoisotopic (exact) mass is 780 g/mol. The van der Waals surface area contributed by atoms with Crippen molar-refractivity contribution in [1.82, 2.24) is 0 Å². The number of carbonyl (C=O) groups is 2. The van der Waals surface area contributed by atoms with Crippen LogP contribution in [-0.2, 0) is 36.8 Å². The van der Waals surface area contributed by atoms with E-state index in [-0.39, 0.29) is 22.4 Å². The average Bonchev–Trinajstić information content (AvgIpc) is 3.10. The third-order valence-corrected chi connectivity index (χ3v) is 12.0. The van der Waals surface area contributed by atoms with Crippen LogP contribution in [-0.4, -0.2) is 51.8 Å². The fourth-order valence-electron chi connectivity index (χ4n) is 6.28. The first-order valence-electron chi connectivity index (χ1n) is 18.1. The predicted molar refractivity (Wildman–Crippen MR) is 224 cm³/mol. The molecule has 2 rings (SSSR count). The molecule has 0 aliphatic heterocycles. The molecule has 0 heterocycles. The number of phosphoric ester groups is 1. The van der Waals surface area contributed by atoms with Crippen molar-refractivity contribution in [3.63, 3.8) is 0 Å². The molecule has 54 heavy (non-hydrogen) atoms. The van der Waals surface area contributed by atoms with Crippen molar-refractivity contribution >= 4 is 27.8 Å². The minimum atomic E-state index is -3.79. The van der Waals surface area contributed by atoms with Gasteiger partial charge in [0, 0.05) is 28.0 Å². The zero-order valence-electron chi connectivity index (χ0n) is 34.8. The number of rotatable bonds is 17. The smallest absolute Gasteiger partial charge is 0.338 e. The molecule has 3 unspecified atom stereocenters. The minimum absolute atomic E-state index is 0.0367. The Labute approximate surface area is 326 Å². The number of phosphoric acid groups is 1. The largest absolute Gasteiger partial charge is 0.474 e. The quantitative estimate of drug-likeness (QED) is 0.106. The lowest BCUT2D eigenvalue weighted by atomic mass is 9.71. The Kier molecular flexibility index (Phi) is 18.6. The molecule has 0 aromatic rings. The van der Waals surface area contributed by atoms with Crippen molar-refractivity contribution in [2.75, 3.05) is 28.0 Å². The van der Waals surface area contributed by atoms with Crippen LogP contribution in [0.15, 0.2) is 130 Å². The molecule has 0 saturated carbocycles. The van der Waals surface area contributed by atoms with Crippen LogP contribution in [0.1, 0.15) is 82.1 Å². The maximum Gasteiger partial charge on any atom is 0.474 e. The maximum atomic E-state index is 13.1. The lowest BCUT2D eigenvalue weighted by molar-refractivity contribution is -0.125. The molecule has 0 bridgehead atoms. The molecule has 2 aliphatic carbocycles. The van der Waals surface area contributed by atoms with Gasteiger partial charge in [-0.05, 0) is 87.5 Å². The molecule has 0 aromatic carbocycles. The van der Waals surface area contributed by atoms with Gasteiger partial charge in [-0.15, -0.1) is 0 Å². The van der Waals surface area contributed by atoms with E-state index in [4.69, 9.17) is 22.6 Å². The molecule has 0 saturated heterocycles. The summed E-state index contributed by atoms with van der Waals surface area (Å²) in [5.41, 5.74) is 7.03. The van der Waals surface area contributed by atoms with Crippen LogP contribution in [0.3, 0.4) is 0 Å².